The molecule has 3 atom stereocenters. The number of carbonyl (C=O) groups is 1. The molecular weight excluding hydrogens is 380 g/mol. The van der Waals surface area contributed by atoms with Gasteiger partial charge in [0.2, 0.25) is 0 Å². The lowest BCUT2D eigenvalue weighted by Gasteiger charge is -2.44. The number of carboxylic acids is 1. The average molecular weight is 405 g/mol. The van der Waals surface area contributed by atoms with Crippen molar-refractivity contribution in [1.82, 2.24) is 5.32 Å². The third-order valence-corrected chi connectivity index (χ3v) is 5.96. The van der Waals surface area contributed by atoms with E-state index >= 15 is 0 Å². The monoisotopic (exact) mass is 404 g/mol. The quantitative estimate of drug-likeness (QED) is 0.803. The number of benzene rings is 1. The topological polar surface area (TPSA) is 71.0 Å². The van der Waals surface area contributed by atoms with Gasteiger partial charge in [-0.3, -0.25) is 4.79 Å². The molecule has 2 heterocycles. The molecule has 3 aliphatic rings. The van der Waals surface area contributed by atoms with Crippen molar-refractivity contribution in [3.8, 4) is 0 Å². The van der Waals surface area contributed by atoms with Gasteiger partial charge in [-0.2, -0.15) is 0 Å². The van der Waals surface area contributed by atoms with Gasteiger partial charge < -0.3 is 24.8 Å². The smallest absolute Gasteiger partial charge is 0.310 e. The van der Waals surface area contributed by atoms with E-state index in [2.05, 4.69) is 10.2 Å². The van der Waals surface area contributed by atoms with Crippen LogP contribution in [0.2, 0.25) is 0 Å². The summed E-state index contributed by atoms with van der Waals surface area (Å²) >= 11 is 6.43. The van der Waals surface area contributed by atoms with Gasteiger partial charge in [-0.1, -0.05) is 23.7 Å². The van der Waals surface area contributed by atoms with Crippen molar-refractivity contribution in [3.05, 3.63) is 52.5 Å². The number of aliphatic carboxylic acids is 1. The van der Waals surface area contributed by atoms with Crippen LogP contribution >= 0.6 is 11.6 Å². The Morgan fingerprint density at radius 1 is 1.36 bits per heavy atom. The van der Waals surface area contributed by atoms with Gasteiger partial charge in [-0.15, -0.1) is 0 Å². The fourth-order valence-electron chi connectivity index (χ4n) is 4.18. The summed E-state index contributed by atoms with van der Waals surface area (Å²) in [5.41, 5.74) is 1.84. The van der Waals surface area contributed by atoms with Gasteiger partial charge in [0.05, 0.1) is 12.0 Å². The van der Waals surface area contributed by atoms with Crippen molar-refractivity contribution >= 4 is 23.3 Å². The second-order valence-corrected chi connectivity index (χ2v) is 7.93. The summed E-state index contributed by atoms with van der Waals surface area (Å²) in [6, 6.07) is 7.98. The highest BCUT2D eigenvalue weighted by Crippen LogP contribution is 2.39. The Bertz CT molecular complexity index is 822. The SMILES string of the molecule is CC(C(=O)O)c1cccc(N2CCNCC2C2CC(Cl)=CC3=C2OCCO3)c1. The Morgan fingerprint density at radius 3 is 3.00 bits per heavy atom. The molecule has 6 nitrogen and oxygen atoms in total. The number of hydrogen-bond donors (Lipinski definition) is 2. The minimum absolute atomic E-state index is 0.0844. The number of rotatable bonds is 4. The normalized spacial score (nSPS) is 25.9. The summed E-state index contributed by atoms with van der Waals surface area (Å²) in [7, 11) is 0. The molecule has 0 amide bonds. The largest absolute Gasteiger partial charge is 0.490 e. The molecule has 1 saturated heterocycles. The summed E-state index contributed by atoms with van der Waals surface area (Å²) in [4.78, 5) is 13.8. The standard InChI is InChI=1S/C21H25ClN2O4/c1-13(21(25)26)14-3-2-4-16(9-14)24-6-5-23-12-18(24)17-10-15(22)11-19-20(17)28-8-7-27-19/h2-4,9,11,13,17-18,23H,5-8,10,12H2,1H3,(H,25,26). The lowest BCUT2D eigenvalue weighted by atomic mass is 9.87. The molecule has 28 heavy (non-hydrogen) atoms. The number of carboxylic acid groups (broad SMARTS) is 1. The number of halogens is 1. The van der Waals surface area contributed by atoms with Crippen LogP contribution in [0.15, 0.2) is 46.9 Å². The van der Waals surface area contributed by atoms with Gasteiger partial charge in [0.25, 0.3) is 0 Å². The van der Waals surface area contributed by atoms with Crippen molar-refractivity contribution in [2.75, 3.05) is 37.7 Å². The zero-order chi connectivity index (χ0) is 19.7. The van der Waals surface area contributed by atoms with Crippen LogP contribution < -0.4 is 10.2 Å². The van der Waals surface area contributed by atoms with Crippen LogP contribution in [0.3, 0.4) is 0 Å². The first-order chi connectivity index (χ1) is 13.5. The molecule has 1 aromatic rings. The Kier molecular flexibility index (Phi) is 5.51. The molecule has 1 aliphatic carbocycles. The first kappa shape index (κ1) is 19.2. The van der Waals surface area contributed by atoms with Gasteiger partial charge in [0, 0.05) is 36.3 Å². The maximum absolute atomic E-state index is 11.4. The van der Waals surface area contributed by atoms with Gasteiger partial charge in [0.15, 0.2) is 5.76 Å². The molecule has 150 valence electrons. The van der Waals surface area contributed by atoms with E-state index in [1.54, 1.807) is 6.92 Å². The van der Waals surface area contributed by atoms with E-state index in [9.17, 15) is 9.90 Å². The molecule has 7 heteroatoms. The summed E-state index contributed by atoms with van der Waals surface area (Å²) in [5.74, 6) is 0.343. The minimum Gasteiger partial charge on any atom is -0.490 e. The summed E-state index contributed by atoms with van der Waals surface area (Å²) in [6.45, 7) is 5.30. The third kappa shape index (κ3) is 3.71. The van der Waals surface area contributed by atoms with E-state index in [0.29, 0.717) is 19.6 Å². The number of ether oxygens (including phenoxy) is 2. The number of allylic oxidation sites excluding steroid dienone is 2. The number of hydrogen-bond acceptors (Lipinski definition) is 5. The molecule has 0 aromatic heterocycles. The van der Waals surface area contributed by atoms with Crippen molar-refractivity contribution in [2.24, 2.45) is 5.92 Å². The van der Waals surface area contributed by atoms with Gasteiger partial charge >= 0.3 is 5.97 Å². The Morgan fingerprint density at radius 2 is 2.18 bits per heavy atom. The highest BCUT2D eigenvalue weighted by atomic mass is 35.5. The molecule has 0 radical (unpaired) electrons. The second kappa shape index (κ2) is 8.05. The Hall–Kier alpha value is -2.18. The average Bonchev–Trinajstić information content (AvgIpc) is 2.72. The fourth-order valence-corrected chi connectivity index (χ4v) is 4.45. The van der Waals surface area contributed by atoms with Crippen LogP contribution in [0.4, 0.5) is 5.69 Å². The number of nitrogens with one attached hydrogen (secondary N) is 1. The maximum Gasteiger partial charge on any atom is 0.310 e. The van der Waals surface area contributed by atoms with Gasteiger partial charge in [-0.25, -0.2) is 0 Å². The summed E-state index contributed by atoms with van der Waals surface area (Å²) < 4.78 is 11.8. The fraction of sp³-hybridized carbons (Fsp3) is 0.476. The van der Waals surface area contributed by atoms with Crippen LogP contribution in [0, 0.1) is 5.92 Å². The third-order valence-electron chi connectivity index (χ3n) is 5.70. The molecule has 2 N–H and O–H groups in total. The van der Waals surface area contributed by atoms with Crippen LogP contribution in [0.25, 0.3) is 0 Å². The van der Waals surface area contributed by atoms with Crippen LogP contribution in [0.5, 0.6) is 0 Å². The van der Waals surface area contributed by atoms with Crippen molar-refractivity contribution in [2.45, 2.75) is 25.3 Å². The highest BCUT2D eigenvalue weighted by molar-refractivity contribution is 6.29. The minimum atomic E-state index is -0.819. The molecule has 1 fully saturated rings. The van der Waals surface area contributed by atoms with Crippen molar-refractivity contribution in [3.63, 3.8) is 0 Å². The molecule has 0 bridgehead atoms. The lowest BCUT2D eigenvalue weighted by molar-refractivity contribution is -0.138. The van der Waals surface area contributed by atoms with E-state index in [-0.39, 0.29) is 12.0 Å². The molecule has 0 saturated carbocycles. The van der Waals surface area contributed by atoms with Gasteiger partial charge in [0.1, 0.15) is 19.0 Å². The predicted octanol–water partition coefficient (Wildman–Crippen LogP) is 3.05. The van der Waals surface area contributed by atoms with Crippen LogP contribution in [-0.4, -0.2) is 50.0 Å². The molecule has 0 spiro atoms. The van der Waals surface area contributed by atoms with Crippen LogP contribution in [-0.2, 0) is 14.3 Å². The first-order valence-electron chi connectivity index (χ1n) is 9.70. The maximum atomic E-state index is 11.4. The summed E-state index contributed by atoms with van der Waals surface area (Å²) in [6.07, 6.45) is 2.57. The van der Waals surface area contributed by atoms with Crippen molar-refractivity contribution in [1.29, 1.82) is 0 Å². The first-order valence-corrected chi connectivity index (χ1v) is 10.1. The number of piperazine rings is 1. The zero-order valence-electron chi connectivity index (χ0n) is 15.9. The lowest BCUT2D eigenvalue weighted by Crippen LogP contribution is -2.55. The summed E-state index contributed by atoms with van der Waals surface area (Å²) in [5, 5.41) is 13.6. The molecular formula is C21H25ClN2O4. The zero-order valence-corrected chi connectivity index (χ0v) is 16.6. The van der Waals surface area contributed by atoms with E-state index in [1.165, 1.54) is 0 Å². The van der Waals surface area contributed by atoms with E-state index < -0.39 is 11.9 Å². The molecule has 1 aromatic carbocycles. The Balaban J connectivity index is 1.66. The van der Waals surface area contributed by atoms with E-state index in [0.717, 1.165) is 47.4 Å². The van der Waals surface area contributed by atoms with E-state index in [1.807, 2.05) is 30.3 Å². The predicted molar refractivity (Wildman–Crippen MR) is 107 cm³/mol. The molecule has 4 rings (SSSR count). The second-order valence-electron chi connectivity index (χ2n) is 7.45. The molecule has 2 aliphatic heterocycles. The van der Waals surface area contributed by atoms with E-state index in [4.69, 9.17) is 21.1 Å². The highest BCUT2D eigenvalue weighted by Gasteiger charge is 2.38. The molecule has 3 unspecified atom stereocenters. The number of nitrogens with zero attached hydrogens (tertiary/aromatic N) is 1. The van der Waals surface area contributed by atoms with Crippen molar-refractivity contribution < 1.29 is 19.4 Å². The number of anilines is 1. The van der Waals surface area contributed by atoms with Gasteiger partial charge in [-0.05, 0) is 37.1 Å². The van der Waals surface area contributed by atoms with Crippen LogP contribution in [0.1, 0.15) is 24.8 Å². The Labute approximate surface area is 169 Å².